The molecule has 1 aliphatic heterocycles. The average Bonchev–Trinajstić information content (AvgIpc) is 1.77. The fourth-order valence-corrected chi connectivity index (χ4v) is 0.560. The number of carbonyl (C=O) groups excluding carboxylic acids is 1. The summed E-state index contributed by atoms with van der Waals surface area (Å²) in [6.07, 6.45) is 3.44. The number of carbonyl (C=O) groups is 1. The van der Waals surface area contributed by atoms with Gasteiger partial charge in [-0.05, 0) is 13.0 Å². The molecule has 0 radical (unpaired) electrons. The molecule has 0 aromatic heterocycles. The summed E-state index contributed by atoms with van der Waals surface area (Å²) in [5, 5.41) is 0. The van der Waals surface area contributed by atoms with Crippen LogP contribution in [-0.4, -0.2) is 18.5 Å². The van der Waals surface area contributed by atoms with Gasteiger partial charge in [-0.2, -0.15) is 0 Å². The summed E-state index contributed by atoms with van der Waals surface area (Å²) in [5.41, 5.74) is 0. The first kappa shape index (κ1) is 5.51. The maximum atomic E-state index is 10.4. The SMILES string of the molecule is CC1C=CC(=O)CO1. The van der Waals surface area contributed by atoms with Gasteiger partial charge in [0.1, 0.15) is 6.61 Å². The van der Waals surface area contributed by atoms with E-state index in [0.29, 0.717) is 0 Å². The van der Waals surface area contributed by atoms with Crippen LogP contribution < -0.4 is 0 Å². The first-order valence-corrected chi connectivity index (χ1v) is 2.61. The lowest BCUT2D eigenvalue weighted by atomic mass is 10.2. The van der Waals surface area contributed by atoms with Gasteiger partial charge in [0.15, 0.2) is 5.78 Å². The molecule has 0 aromatic carbocycles. The zero-order chi connectivity index (χ0) is 5.98. The summed E-state index contributed by atoms with van der Waals surface area (Å²) in [4.78, 5) is 10.4. The van der Waals surface area contributed by atoms with Crippen LogP contribution in [0.25, 0.3) is 0 Å². The van der Waals surface area contributed by atoms with Gasteiger partial charge < -0.3 is 4.74 Å². The van der Waals surface area contributed by atoms with Crippen LogP contribution in [0, 0.1) is 0 Å². The molecule has 0 saturated heterocycles. The molecule has 1 atom stereocenters. The molecule has 44 valence electrons. The van der Waals surface area contributed by atoms with Crippen molar-refractivity contribution in [1.29, 1.82) is 0 Å². The van der Waals surface area contributed by atoms with E-state index in [1.165, 1.54) is 0 Å². The van der Waals surface area contributed by atoms with E-state index in [-0.39, 0.29) is 18.5 Å². The highest BCUT2D eigenvalue weighted by Gasteiger charge is 2.06. The van der Waals surface area contributed by atoms with Crippen molar-refractivity contribution in [3.63, 3.8) is 0 Å². The minimum atomic E-state index is 0.0584. The highest BCUT2D eigenvalue weighted by atomic mass is 16.5. The van der Waals surface area contributed by atoms with Gasteiger partial charge >= 0.3 is 0 Å². The van der Waals surface area contributed by atoms with E-state index in [2.05, 4.69) is 0 Å². The largest absolute Gasteiger partial charge is 0.366 e. The maximum Gasteiger partial charge on any atom is 0.181 e. The van der Waals surface area contributed by atoms with Crippen LogP contribution in [0.15, 0.2) is 12.2 Å². The maximum absolute atomic E-state index is 10.4. The normalized spacial score (nSPS) is 28.6. The van der Waals surface area contributed by atoms with Gasteiger partial charge in [-0.1, -0.05) is 6.08 Å². The number of ketones is 1. The molecule has 1 rings (SSSR count). The van der Waals surface area contributed by atoms with E-state index >= 15 is 0 Å². The molecule has 0 amide bonds. The average molecular weight is 112 g/mol. The lowest BCUT2D eigenvalue weighted by Crippen LogP contribution is -2.17. The van der Waals surface area contributed by atoms with E-state index in [1.807, 2.05) is 6.92 Å². The van der Waals surface area contributed by atoms with Gasteiger partial charge in [0.05, 0.1) is 6.10 Å². The van der Waals surface area contributed by atoms with E-state index in [1.54, 1.807) is 12.2 Å². The third kappa shape index (κ3) is 1.17. The third-order valence-corrected chi connectivity index (χ3v) is 1.04. The Kier molecular flexibility index (Phi) is 1.44. The van der Waals surface area contributed by atoms with Gasteiger partial charge in [0.25, 0.3) is 0 Å². The smallest absolute Gasteiger partial charge is 0.181 e. The highest BCUT2D eigenvalue weighted by Crippen LogP contribution is 1.98. The second-order valence-electron chi connectivity index (χ2n) is 1.84. The first-order valence-electron chi connectivity index (χ1n) is 2.61. The van der Waals surface area contributed by atoms with Crippen molar-refractivity contribution in [1.82, 2.24) is 0 Å². The Morgan fingerprint density at radius 1 is 1.88 bits per heavy atom. The fraction of sp³-hybridized carbons (Fsp3) is 0.500. The molecular formula is C6H8O2. The van der Waals surface area contributed by atoms with Crippen molar-refractivity contribution >= 4 is 5.78 Å². The summed E-state index contributed by atoms with van der Waals surface area (Å²) in [6, 6.07) is 0. The summed E-state index contributed by atoms with van der Waals surface area (Å²) < 4.78 is 4.95. The second kappa shape index (κ2) is 2.09. The molecule has 0 fully saturated rings. The number of hydrogen-bond donors (Lipinski definition) is 0. The lowest BCUT2D eigenvalue weighted by molar-refractivity contribution is -0.121. The van der Waals surface area contributed by atoms with Crippen LogP contribution in [0.2, 0.25) is 0 Å². The minimum Gasteiger partial charge on any atom is -0.366 e. The molecule has 0 spiro atoms. The Hall–Kier alpha value is -0.630. The number of hydrogen-bond acceptors (Lipinski definition) is 2. The molecular weight excluding hydrogens is 104 g/mol. The predicted molar refractivity (Wildman–Crippen MR) is 29.6 cm³/mol. The quantitative estimate of drug-likeness (QED) is 0.457. The van der Waals surface area contributed by atoms with Crippen molar-refractivity contribution in [2.24, 2.45) is 0 Å². The molecule has 0 aromatic rings. The molecule has 0 bridgehead atoms. The Balaban J connectivity index is 2.55. The van der Waals surface area contributed by atoms with Gasteiger partial charge in [0.2, 0.25) is 0 Å². The van der Waals surface area contributed by atoms with Gasteiger partial charge in [-0.3, -0.25) is 4.79 Å². The van der Waals surface area contributed by atoms with Crippen molar-refractivity contribution in [2.45, 2.75) is 13.0 Å². The van der Waals surface area contributed by atoms with Crippen molar-refractivity contribution in [3.05, 3.63) is 12.2 Å². The zero-order valence-corrected chi connectivity index (χ0v) is 4.76. The first-order chi connectivity index (χ1) is 3.79. The Bertz CT molecular complexity index is 126. The van der Waals surface area contributed by atoms with Gasteiger partial charge in [0, 0.05) is 0 Å². The van der Waals surface area contributed by atoms with Crippen molar-refractivity contribution < 1.29 is 9.53 Å². The fourth-order valence-electron chi connectivity index (χ4n) is 0.560. The van der Waals surface area contributed by atoms with E-state index in [0.717, 1.165) is 0 Å². The monoisotopic (exact) mass is 112 g/mol. The predicted octanol–water partition coefficient (Wildman–Crippen LogP) is 0.530. The molecule has 0 saturated carbocycles. The number of ether oxygens (including phenoxy) is 1. The highest BCUT2D eigenvalue weighted by molar-refractivity contribution is 5.91. The molecule has 0 aliphatic carbocycles. The summed E-state index contributed by atoms with van der Waals surface area (Å²) >= 11 is 0. The molecule has 1 unspecified atom stereocenters. The standard InChI is InChI=1S/C6H8O2/c1-5-2-3-6(7)4-8-5/h2-3,5H,4H2,1H3. The molecule has 2 heteroatoms. The van der Waals surface area contributed by atoms with Crippen LogP contribution in [0.1, 0.15) is 6.92 Å². The van der Waals surface area contributed by atoms with Gasteiger partial charge in [-0.25, -0.2) is 0 Å². The topological polar surface area (TPSA) is 26.3 Å². The summed E-state index contributed by atoms with van der Waals surface area (Å²) in [5.74, 6) is 0.0584. The van der Waals surface area contributed by atoms with E-state index < -0.39 is 0 Å². The van der Waals surface area contributed by atoms with Crippen molar-refractivity contribution in [2.75, 3.05) is 6.61 Å². The van der Waals surface area contributed by atoms with Crippen LogP contribution >= 0.6 is 0 Å². The molecule has 8 heavy (non-hydrogen) atoms. The number of rotatable bonds is 0. The lowest BCUT2D eigenvalue weighted by Gasteiger charge is -2.10. The Morgan fingerprint density at radius 2 is 2.62 bits per heavy atom. The van der Waals surface area contributed by atoms with Crippen LogP contribution in [0.5, 0.6) is 0 Å². The van der Waals surface area contributed by atoms with Crippen molar-refractivity contribution in [3.8, 4) is 0 Å². The summed E-state index contributed by atoms with van der Waals surface area (Å²) in [7, 11) is 0. The molecule has 0 N–H and O–H groups in total. The Labute approximate surface area is 48.1 Å². The van der Waals surface area contributed by atoms with E-state index in [4.69, 9.17) is 4.74 Å². The molecule has 1 heterocycles. The van der Waals surface area contributed by atoms with Crippen LogP contribution in [0.3, 0.4) is 0 Å². The second-order valence-corrected chi connectivity index (χ2v) is 1.84. The third-order valence-electron chi connectivity index (χ3n) is 1.04. The van der Waals surface area contributed by atoms with Crippen LogP contribution in [0.4, 0.5) is 0 Å². The zero-order valence-electron chi connectivity index (χ0n) is 4.76. The van der Waals surface area contributed by atoms with E-state index in [9.17, 15) is 4.79 Å². The minimum absolute atomic E-state index is 0.0584. The van der Waals surface area contributed by atoms with Gasteiger partial charge in [-0.15, -0.1) is 0 Å². The molecule has 2 nitrogen and oxygen atoms in total. The Morgan fingerprint density at radius 3 is 3.00 bits per heavy atom. The van der Waals surface area contributed by atoms with Crippen LogP contribution in [-0.2, 0) is 9.53 Å². The summed E-state index contributed by atoms with van der Waals surface area (Å²) in [6.45, 7) is 2.15. The molecule has 1 aliphatic rings.